The first-order valence-corrected chi connectivity index (χ1v) is 8.70. The Labute approximate surface area is 121 Å². The normalized spacial score (nSPS) is 16.6. The second kappa shape index (κ2) is 6.24. The summed E-state index contributed by atoms with van der Waals surface area (Å²) in [6.45, 7) is 5.39. The van der Waals surface area contributed by atoms with Crippen molar-refractivity contribution in [1.82, 2.24) is 13.9 Å². The molecular formula is C13H24N4O2S. The monoisotopic (exact) mass is 300 g/mol. The molecule has 114 valence electrons. The molecule has 1 saturated carbocycles. The molecule has 0 amide bonds. The molecule has 0 spiro atoms. The highest BCUT2D eigenvalue weighted by Gasteiger charge is 2.35. The van der Waals surface area contributed by atoms with Crippen molar-refractivity contribution < 1.29 is 8.42 Å². The number of hydrogen-bond acceptors (Lipinski definition) is 4. The summed E-state index contributed by atoms with van der Waals surface area (Å²) in [4.78, 5) is 4.24. The van der Waals surface area contributed by atoms with E-state index in [9.17, 15) is 8.42 Å². The van der Waals surface area contributed by atoms with Crippen LogP contribution < -0.4 is 5.73 Å². The number of nitrogens with zero attached hydrogens (tertiary/aromatic N) is 3. The van der Waals surface area contributed by atoms with Crippen LogP contribution in [-0.4, -0.2) is 41.4 Å². The predicted molar refractivity (Wildman–Crippen MR) is 77.8 cm³/mol. The van der Waals surface area contributed by atoms with Crippen LogP contribution in [0.15, 0.2) is 11.2 Å². The zero-order chi connectivity index (χ0) is 14.8. The van der Waals surface area contributed by atoms with Crippen LogP contribution in [0.2, 0.25) is 0 Å². The van der Waals surface area contributed by atoms with Crippen molar-refractivity contribution in [3.05, 3.63) is 12.0 Å². The van der Waals surface area contributed by atoms with E-state index in [1.165, 1.54) is 4.31 Å². The van der Waals surface area contributed by atoms with E-state index in [1.54, 1.807) is 6.20 Å². The molecule has 1 heterocycles. The molecule has 2 N–H and O–H groups in total. The summed E-state index contributed by atoms with van der Waals surface area (Å²) in [5.41, 5.74) is 5.57. The van der Waals surface area contributed by atoms with E-state index in [-0.39, 0.29) is 11.1 Å². The van der Waals surface area contributed by atoms with Crippen molar-refractivity contribution in [2.24, 2.45) is 5.73 Å². The molecule has 6 nitrogen and oxygen atoms in total. The Balaban J connectivity index is 2.29. The Morgan fingerprint density at radius 1 is 1.50 bits per heavy atom. The smallest absolute Gasteiger partial charge is 0.262 e. The molecule has 0 aromatic carbocycles. The zero-order valence-corrected chi connectivity index (χ0v) is 13.1. The van der Waals surface area contributed by atoms with Crippen molar-refractivity contribution in [1.29, 1.82) is 0 Å². The van der Waals surface area contributed by atoms with Crippen LogP contribution >= 0.6 is 0 Å². The molecule has 0 radical (unpaired) electrons. The van der Waals surface area contributed by atoms with E-state index < -0.39 is 10.0 Å². The average Bonchev–Trinajstić information content (AvgIpc) is 2.69. The summed E-state index contributed by atoms with van der Waals surface area (Å²) in [5.74, 6) is 0.742. The second-order valence-corrected chi connectivity index (χ2v) is 7.15. The lowest BCUT2D eigenvalue weighted by Gasteiger charge is -2.35. The first kappa shape index (κ1) is 15.5. The van der Waals surface area contributed by atoms with Crippen molar-refractivity contribution in [2.45, 2.75) is 57.1 Å². The quantitative estimate of drug-likeness (QED) is 0.817. The summed E-state index contributed by atoms with van der Waals surface area (Å²) in [6.07, 6.45) is 5.54. The lowest BCUT2D eigenvalue weighted by molar-refractivity contribution is 0.222. The Morgan fingerprint density at radius 3 is 2.70 bits per heavy atom. The molecule has 0 atom stereocenters. The van der Waals surface area contributed by atoms with Gasteiger partial charge < -0.3 is 10.3 Å². The molecular weight excluding hydrogens is 276 g/mol. The lowest BCUT2D eigenvalue weighted by Crippen LogP contribution is -2.46. The molecule has 1 aromatic heterocycles. The van der Waals surface area contributed by atoms with Gasteiger partial charge in [-0.3, -0.25) is 0 Å². The van der Waals surface area contributed by atoms with Gasteiger partial charge >= 0.3 is 0 Å². The summed E-state index contributed by atoms with van der Waals surface area (Å²) in [6, 6.07) is 0.0974. The number of rotatable bonds is 7. The lowest BCUT2D eigenvalue weighted by atomic mass is 9.93. The molecule has 2 rings (SSSR count). The van der Waals surface area contributed by atoms with Gasteiger partial charge in [-0.2, -0.15) is 4.31 Å². The van der Waals surface area contributed by atoms with E-state index >= 15 is 0 Å². The van der Waals surface area contributed by atoms with Crippen molar-refractivity contribution in [3.8, 4) is 0 Å². The van der Waals surface area contributed by atoms with E-state index in [0.29, 0.717) is 13.1 Å². The predicted octanol–water partition coefficient (Wildman–Crippen LogP) is 1.10. The van der Waals surface area contributed by atoms with Crippen LogP contribution in [0.4, 0.5) is 0 Å². The van der Waals surface area contributed by atoms with Crippen LogP contribution in [0.1, 0.15) is 38.4 Å². The third kappa shape index (κ3) is 2.89. The highest BCUT2D eigenvalue weighted by atomic mass is 32.2. The van der Waals surface area contributed by atoms with Crippen LogP contribution in [0, 0.1) is 6.92 Å². The molecule has 7 heteroatoms. The number of hydrogen-bond donors (Lipinski definition) is 1. The highest BCUT2D eigenvalue weighted by Crippen LogP contribution is 2.29. The molecule has 0 aliphatic heterocycles. The fourth-order valence-electron chi connectivity index (χ4n) is 2.49. The van der Waals surface area contributed by atoms with Gasteiger partial charge in [-0.15, -0.1) is 0 Å². The van der Waals surface area contributed by atoms with E-state index in [1.807, 2.05) is 11.5 Å². The average molecular weight is 300 g/mol. The molecule has 1 fully saturated rings. The van der Waals surface area contributed by atoms with Crippen molar-refractivity contribution >= 4 is 10.0 Å². The minimum absolute atomic E-state index is 0.0974. The topological polar surface area (TPSA) is 81.2 Å². The summed E-state index contributed by atoms with van der Waals surface area (Å²) in [7, 11) is -3.52. The van der Waals surface area contributed by atoms with Crippen molar-refractivity contribution in [2.75, 3.05) is 13.1 Å². The molecule has 1 aliphatic carbocycles. The highest BCUT2D eigenvalue weighted by molar-refractivity contribution is 7.89. The maximum atomic E-state index is 12.7. The maximum Gasteiger partial charge on any atom is 0.262 e. The van der Waals surface area contributed by atoms with Crippen LogP contribution in [0.5, 0.6) is 0 Å². The number of imidazole rings is 1. The molecule has 1 aliphatic rings. The molecule has 1 aromatic rings. The van der Waals surface area contributed by atoms with Crippen LogP contribution in [0.25, 0.3) is 0 Å². The molecule has 0 unspecified atom stereocenters. The third-order valence-electron chi connectivity index (χ3n) is 3.82. The summed E-state index contributed by atoms with van der Waals surface area (Å²) < 4.78 is 28.9. The van der Waals surface area contributed by atoms with Gasteiger partial charge in [-0.05, 0) is 26.2 Å². The number of aromatic nitrogens is 2. The summed E-state index contributed by atoms with van der Waals surface area (Å²) in [5, 5.41) is 0.156. The number of aryl methyl sites for hydroxylation is 2. The Kier molecular flexibility index (Phi) is 4.82. The van der Waals surface area contributed by atoms with Crippen LogP contribution in [0.3, 0.4) is 0 Å². The SMILES string of the molecule is CCCn1cc(S(=O)(=O)N(CCN)C2CCC2)nc1C. The fraction of sp³-hybridized carbons (Fsp3) is 0.769. The molecule has 20 heavy (non-hydrogen) atoms. The van der Waals surface area contributed by atoms with Gasteiger partial charge in [-0.25, -0.2) is 13.4 Å². The van der Waals surface area contributed by atoms with Gasteiger partial charge in [0.25, 0.3) is 10.0 Å². The van der Waals surface area contributed by atoms with Gasteiger partial charge in [0.1, 0.15) is 5.82 Å². The maximum absolute atomic E-state index is 12.7. The first-order valence-electron chi connectivity index (χ1n) is 7.26. The molecule has 0 bridgehead atoms. The second-order valence-electron chi connectivity index (χ2n) is 5.31. The Morgan fingerprint density at radius 2 is 2.20 bits per heavy atom. The molecule has 0 saturated heterocycles. The zero-order valence-electron chi connectivity index (χ0n) is 12.2. The fourth-order valence-corrected chi connectivity index (χ4v) is 4.19. The Hall–Kier alpha value is -0.920. The van der Waals surface area contributed by atoms with E-state index in [0.717, 1.165) is 38.1 Å². The van der Waals surface area contributed by atoms with E-state index in [4.69, 9.17) is 5.73 Å². The minimum Gasteiger partial charge on any atom is -0.334 e. The largest absolute Gasteiger partial charge is 0.334 e. The van der Waals surface area contributed by atoms with Gasteiger partial charge in [-0.1, -0.05) is 13.3 Å². The van der Waals surface area contributed by atoms with Crippen LogP contribution in [-0.2, 0) is 16.6 Å². The standard InChI is InChI=1S/C13H24N4O2S/c1-3-8-16-10-13(15-11(16)2)20(18,19)17(9-7-14)12-5-4-6-12/h10,12H,3-9,14H2,1-2H3. The number of sulfonamides is 1. The first-order chi connectivity index (χ1) is 9.50. The Bertz CT molecular complexity index is 549. The van der Waals surface area contributed by atoms with Crippen molar-refractivity contribution in [3.63, 3.8) is 0 Å². The van der Waals surface area contributed by atoms with Gasteiger partial charge in [0.15, 0.2) is 5.03 Å². The minimum atomic E-state index is -3.52. The van der Waals surface area contributed by atoms with Gasteiger partial charge in [0.05, 0.1) is 0 Å². The van der Waals surface area contributed by atoms with E-state index in [2.05, 4.69) is 11.9 Å². The van der Waals surface area contributed by atoms with Gasteiger partial charge in [0.2, 0.25) is 0 Å². The summed E-state index contributed by atoms with van der Waals surface area (Å²) >= 11 is 0. The number of nitrogens with two attached hydrogens (primary N) is 1. The van der Waals surface area contributed by atoms with Gasteiger partial charge in [0, 0.05) is 31.9 Å². The third-order valence-corrected chi connectivity index (χ3v) is 5.65.